The zero-order valence-corrected chi connectivity index (χ0v) is 7.79. The fourth-order valence-electron chi connectivity index (χ4n) is 1.02. The molecule has 0 fully saturated rings. The smallest absolute Gasteiger partial charge is 0.129 e. The largest absolute Gasteiger partial charge is 0.390 e. The summed E-state index contributed by atoms with van der Waals surface area (Å²) in [7, 11) is 0. The number of hydrogen-bond acceptors (Lipinski definition) is 3. The maximum Gasteiger partial charge on any atom is 0.129 e. The molecule has 2 N–H and O–H groups in total. The number of aliphatic hydroxyl groups is 2. The van der Waals surface area contributed by atoms with E-state index in [4.69, 9.17) is 5.11 Å². The summed E-state index contributed by atoms with van der Waals surface area (Å²) in [6.07, 6.45) is 0.906. The van der Waals surface area contributed by atoms with Gasteiger partial charge in [0.05, 0.1) is 12.2 Å². The van der Waals surface area contributed by atoms with Crippen molar-refractivity contribution in [2.24, 2.45) is 0 Å². The van der Waals surface area contributed by atoms with Gasteiger partial charge in [0.1, 0.15) is 5.78 Å². The van der Waals surface area contributed by atoms with E-state index in [1.165, 1.54) is 6.92 Å². The molecule has 3 nitrogen and oxygen atoms in total. The average molecular weight is 174 g/mol. The van der Waals surface area contributed by atoms with Gasteiger partial charge in [-0.25, -0.2) is 0 Å². The molecule has 0 bridgehead atoms. The predicted octanol–water partition coefficient (Wildman–Crippen LogP) is 0.878. The van der Waals surface area contributed by atoms with Crippen molar-refractivity contribution < 1.29 is 15.0 Å². The summed E-state index contributed by atoms with van der Waals surface area (Å²) in [5.74, 6) is 0.133. The Morgan fingerprint density at radius 1 is 1.33 bits per heavy atom. The van der Waals surface area contributed by atoms with E-state index < -0.39 is 12.2 Å². The van der Waals surface area contributed by atoms with Gasteiger partial charge in [0.2, 0.25) is 0 Å². The van der Waals surface area contributed by atoms with E-state index in [1.54, 1.807) is 0 Å². The SMILES string of the molecule is CCC(O)C(O)CCCC(C)=O. The van der Waals surface area contributed by atoms with Gasteiger partial charge in [-0.15, -0.1) is 0 Å². The minimum absolute atomic E-state index is 0.133. The van der Waals surface area contributed by atoms with E-state index in [-0.39, 0.29) is 5.78 Å². The van der Waals surface area contributed by atoms with Gasteiger partial charge in [-0.05, 0) is 26.2 Å². The fourth-order valence-corrected chi connectivity index (χ4v) is 1.02. The lowest BCUT2D eigenvalue weighted by Gasteiger charge is -2.15. The lowest BCUT2D eigenvalue weighted by molar-refractivity contribution is -0.117. The van der Waals surface area contributed by atoms with Crippen molar-refractivity contribution >= 4 is 5.78 Å². The van der Waals surface area contributed by atoms with Crippen LogP contribution in [0.5, 0.6) is 0 Å². The van der Waals surface area contributed by atoms with E-state index in [1.807, 2.05) is 6.92 Å². The molecule has 0 amide bonds. The maximum absolute atomic E-state index is 10.5. The van der Waals surface area contributed by atoms with Gasteiger partial charge in [0.15, 0.2) is 0 Å². The molecule has 0 aromatic rings. The van der Waals surface area contributed by atoms with Crippen LogP contribution in [-0.4, -0.2) is 28.2 Å². The fraction of sp³-hybridized carbons (Fsp3) is 0.889. The number of Topliss-reactive ketones (excluding diaryl/α,β-unsaturated/α-hetero) is 1. The zero-order valence-electron chi connectivity index (χ0n) is 7.79. The van der Waals surface area contributed by atoms with Gasteiger partial charge in [0, 0.05) is 6.42 Å². The highest BCUT2D eigenvalue weighted by molar-refractivity contribution is 5.75. The monoisotopic (exact) mass is 174 g/mol. The molecule has 12 heavy (non-hydrogen) atoms. The lowest BCUT2D eigenvalue weighted by Crippen LogP contribution is -2.24. The van der Waals surface area contributed by atoms with Crippen LogP contribution in [0.3, 0.4) is 0 Å². The van der Waals surface area contributed by atoms with Crippen molar-refractivity contribution in [1.82, 2.24) is 0 Å². The third-order valence-corrected chi connectivity index (χ3v) is 1.89. The van der Waals surface area contributed by atoms with Crippen LogP contribution in [0.25, 0.3) is 0 Å². The van der Waals surface area contributed by atoms with Crippen LogP contribution in [-0.2, 0) is 4.79 Å². The van der Waals surface area contributed by atoms with Gasteiger partial charge in [-0.3, -0.25) is 0 Å². The molecule has 0 spiro atoms. The van der Waals surface area contributed by atoms with Crippen LogP contribution in [0, 0.1) is 0 Å². The first-order valence-electron chi connectivity index (χ1n) is 4.43. The Balaban J connectivity index is 3.43. The molecule has 2 atom stereocenters. The number of aliphatic hydroxyl groups excluding tert-OH is 2. The number of rotatable bonds is 6. The summed E-state index contributed by atoms with van der Waals surface area (Å²) < 4.78 is 0. The van der Waals surface area contributed by atoms with Crippen molar-refractivity contribution in [3.63, 3.8) is 0 Å². The van der Waals surface area contributed by atoms with E-state index in [2.05, 4.69) is 0 Å². The standard InChI is InChI=1S/C9H18O3/c1-3-8(11)9(12)6-4-5-7(2)10/h8-9,11-12H,3-6H2,1-2H3. The van der Waals surface area contributed by atoms with Crippen LogP contribution >= 0.6 is 0 Å². The van der Waals surface area contributed by atoms with Crippen molar-refractivity contribution in [1.29, 1.82) is 0 Å². The number of hydrogen-bond donors (Lipinski definition) is 2. The second-order valence-corrected chi connectivity index (χ2v) is 3.14. The highest BCUT2D eigenvalue weighted by atomic mass is 16.3. The lowest BCUT2D eigenvalue weighted by atomic mass is 10.0. The molecule has 0 saturated carbocycles. The van der Waals surface area contributed by atoms with Gasteiger partial charge < -0.3 is 15.0 Å². The van der Waals surface area contributed by atoms with Gasteiger partial charge in [-0.1, -0.05) is 6.92 Å². The summed E-state index contributed by atoms with van der Waals surface area (Å²) in [6.45, 7) is 3.35. The highest BCUT2D eigenvalue weighted by Gasteiger charge is 2.13. The number of carbonyl (C=O) groups excluding carboxylic acids is 1. The molecule has 0 rings (SSSR count). The molecule has 0 radical (unpaired) electrons. The Hall–Kier alpha value is -0.410. The molecule has 0 aromatic carbocycles. The van der Waals surface area contributed by atoms with Gasteiger partial charge in [-0.2, -0.15) is 0 Å². The van der Waals surface area contributed by atoms with Crippen LogP contribution in [0.2, 0.25) is 0 Å². The van der Waals surface area contributed by atoms with E-state index in [0.29, 0.717) is 25.7 Å². The normalized spacial score (nSPS) is 15.7. The second-order valence-electron chi connectivity index (χ2n) is 3.14. The summed E-state index contributed by atoms with van der Waals surface area (Å²) >= 11 is 0. The molecule has 3 heteroatoms. The van der Waals surface area contributed by atoms with Crippen molar-refractivity contribution in [3.8, 4) is 0 Å². The maximum atomic E-state index is 10.5. The Morgan fingerprint density at radius 3 is 2.33 bits per heavy atom. The molecule has 0 heterocycles. The molecule has 0 aliphatic heterocycles. The van der Waals surface area contributed by atoms with Crippen LogP contribution in [0.4, 0.5) is 0 Å². The zero-order chi connectivity index (χ0) is 9.56. The van der Waals surface area contributed by atoms with E-state index >= 15 is 0 Å². The van der Waals surface area contributed by atoms with Crippen LogP contribution in [0.15, 0.2) is 0 Å². The summed E-state index contributed by atoms with van der Waals surface area (Å²) in [5.41, 5.74) is 0. The topological polar surface area (TPSA) is 57.5 Å². The molecule has 0 aromatic heterocycles. The molecule has 72 valence electrons. The predicted molar refractivity (Wildman–Crippen MR) is 46.8 cm³/mol. The Morgan fingerprint density at radius 2 is 1.92 bits per heavy atom. The number of ketones is 1. The van der Waals surface area contributed by atoms with E-state index in [9.17, 15) is 9.90 Å². The molecular formula is C9H18O3. The second kappa shape index (κ2) is 6.14. The first-order chi connectivity index (χ1) is 5.57. The Labute approximate surface area is 73.4 Å². The van der Waals surface area contributed by atoms with Crippen molar-refractivity contribution in [3.05, 3.63) is 0 Å². The molecule has 0 saturated heterocycles. The van der Waals surface area contributed by atoms with Crippen molar-refractivity contribution in [2.75, 3.05) is 0 Å². The highest BCUT2D eigenvalue weighted by Crippen LogP contribution is 2.07. The van der Waals surface area contributed by atoms with Gasteiger partial charge >= 0.3 is 0 Å². The molecular weight excluding hydrogens is 156 g/mol. The van der Waals surface area contributed by atoms with Crippen molar-refractivity contribution in [2.45, 2.75) is 51.7 Å². The number of carbonyl (C=O) groups is 1. The Bertz CT molecular complexity index is 134. The molecule has 0 aliphatic rings. The quantitative estimate of drug-likeness (QED) is 0.628. The minimum Gasteiger partial charge on any atom is -0.390 e. The van der Waals surface area contributed by atoms with E-state index in [0.717, 1.165) is 0 Å². The summed E-state index contributed by atoms with van der Waals surface area (Å²) in [6, 6.07) is 0. The third kappa shape index (κ3) is 5.27. The van der Waals surface area contributed by atoms with Crippen LogP contribution < -0.4 is 0 Å². The first-order valence-corrected chi connectivity index (χ1v) is 4.43. The summed E-state index contributed by atoms with van der Waals surface area (Å²) in [4.78, 5) is 10.5. The first kappa shape index (κ1) is 11.6. The third-order valence-electron chi connectivity index (χ3n) is 1.89. The van der Waals surface area contributed by atoms with Gasteiger partial charge in [0.25, 0.3) is 0 Å². The molecule has 2 unspecified atom stereocenters. The summed E-state index contributed by atoms with van der Waals surface area (Å²) in [5, 5.41) is 18.4. The Kier molecular flexibility index (Phi) is 5.93. The molecule has 0 aliphatic carbocycles. The average Bonchev–Trinajstić information content (AvgIpc) is 2.02. The van der Waals surface area contributed by atoms with Crippen LogP contribution in [0.1, 0.15) is 39.5 Å². The minimum atomic E-state index is -0.672.